The molecule has 0 aromatic heterocycles. The molecule has 1 aliphatic rings. The maximum Gasteiger partial charge on any atom is 0.0788 e. The van der Waals surface area contributed by atoms with Gasteiger partial charge >= 0.3 is 0 Å². The molecule has 3 nitrogen and oxygen atoms in total. The molecular formula is C13H27NO2. The van der Waals surface area contributed by atoms with Gasteiger partial charge in [0.25, 0.3) is 0 Å². The summed E-state index contributed by atoms with van der Waals surface area (Å²) < 4.78 is 5.60. The molecule has 2 unspecified atom stereocenters. The van der Waals surface area contributed by atoms with E-state index in [1.165, 1.54) is 19.4 Å². The lowest BCUT2D eigenvalue weighted by atomic mass is 10.1. The fourth-order valence-corrected chi connectivity index (χ4v) is 2.31. The van der Waals surface area contributed by atoms with Crippen molar-refractivity contribution in [1.82, 2.24) is 4.90 Å². The van der Waals surface area contributed by atoms with Crippen LogP contribution >= 0.6 is 0 Å². The van der Waals surface area contributed by atoms with Crippen molar-refractivity contribution in [3.8, 4) is 0 Å². The van der Waals surface area contributed by atoms with Gasteiger partial charge in [-0.3, -0.25) is 0 Å². The number of nitrogens with zero attached hydrogens (tertiary/aromatic N) is 1. The van der Waals surface area contributed by atoms with Gasteiger partial charge in [-0.05, 0) is 53.1 Å². The van der Waals surface area contributed by atoms with Crippen molar-refractivity contribution in [1.29, 1.82) is 0 Å². The van der Waals surface area contributed by atoms with E-state index in [9.17, 15) is 5.11 Å². The molecule has 16 heavy (non-hydrogen) atoms. The molecule has 1 N–H and O–H groups in total. The van der Waals surface area contributed by atoms with E-state index in [2.05, 4.69) is 11.8 Å². The number of hydrogen-bond acceptors (Lipinski definition) is 3. The topological polar surface area (TPSA) is 32.7 Å². The van der Waals surface area contributed by atoms with E-state index in [0.29, 0.717) is 12.6 Å². The van der Waals surface area contributed by atoms with Crippen LogP contribution in [0.15, 0.2) is 0 Å². The number of aliphatic hydroxyl groups excluding tert-OH is 1. The van der Waals surface area contributed by atoms with Crippen molar-refractivity contribution >= 4 is 0 Å². The minimum atomic E-state index is -0.323. The van der Waals surface area contributed by atoms with Crippen LogP contribution in [0.2, 0.25) is 0 Å². The molecule has 1 fully saturated rings. The van der Waals surface area contributed by atoms with Crippen LogP contribution in [0.3, 0.4) is 0 Å². The van der Waals surface area contributed by atoms with Gasteiger partial charge in [0.2, 0.25) is 0 Å². The Morgan fingerprint density at radius 2 is 2.12 bits per heavy atom. The summed E-state index contributed by atoms with van der Waals surface area (Å²) in [6, 6.07) is 0.559. The van der Waals surface area contributed by atoms with Gasteiger partial charge in [0, 0.05) is 6.04 Å². The Kier molecular flexibility index (Phi) is 5.22. The average molecular weight is 229 g/mol. The molecule has 1 heterocycles. The average Bonchev–Trinajstić information content (AvgIpc) is 2.61. The van der Waals surface area contributed by atoms with Crippen LogP contribution in [0.25, 0.3) is 0 Å². The predicted octanol–water partition coefficient (Wildman–Crippen LogP) is 2.04. The lowest BCUT2D eigenvalue weighted by molar-refractivity contribution is -0.0550. The smallest absolute Gasteiger partial charge is 0.0788 e. The minimum absolute atomic E-state index is 0.152. The van der Waals surface area contributed by atoms with E-state index in [1.54, 1.807) is 0 Å². The number of hydrogen-bond donors (Lipinski definition) is 1. The maximum atomic E-state index is 9.93. The lowest BCUT2D eigenvalue weighted by Crippen LogP contribution is -2.35. The van der Waals surface area contributed by atoms with E-state index in [4.69, 9.17) is 4.74 Å². The summed E-state index contributed by atoms with van der Waals surface area (Å²) in [6.07, 6.45) is 3.02. The maximum absolute atomic E-state index is 9.93. The first-order valence-corrected chi connectivity index (χ1v) is 6.48. The Morgan fingerprint density at radius 3 is 2.69 bits per heavy atom. The highest BCUT2D eigenvalue weighted by Gasteiger charge is 2.25. The van der Waals surface area contributed by atoms with E-state index in [-0.39, 0.29) is 11.7 Å². The Hall–Kier alpha value is -0.120. The monoisotopic (exact) mass is 229 g/mol. The van der Waals surface area contributed by atoms with E-state index in [1.807, 2.05) is 20.8 Å². The highest BCUT2D eigenvalue weighted by atomic mass is 16.5. The summed E-state index contributed by atoms with van der Waals surface area (Å²) >= 11 is 0. The summed E-state index contributed by atoms with van der Waals surface area (Å²) in [5, 5.41) is 9.93. The molecule has 0 radical (unpaired) electrons. The quantitative estimate of drug-likeness (QED) is 0.783. The molecule has 0 saturated carbocycles. The molecule has 0 aliphatic carbocycles. The molecule has 0 aromatic carbocycles. The molecular weight excluding hydrogens is 202 g/mol. The number of aliphatic hydroxyl groups is 1. The zero-order chi connectivity index (χ0) is 12.2. The predicted molar refractivity (Wildman–Crippen MR) is 66.6 cm³/mol. The van der Waals surface area contributed by atoms with Crippen molar-refractivity contribution in [2.24, 2.45) is 0 Å². The molecule has 0 amide bonds. The van der Waals surface area contributed by atoms with Crippen molar-refractivity contribution in [3.05, 3.63) is 0 Å². The molecule has 0 aromatic rings. The fraction of sp³-hybridized carbons (Fsp3) is 1.00. The lowest BCUT2D eigenvalue weighted by Gasteiger charge is -2.27. The molecule has 1 aliphatic heterocycles. The van der Waals surface area contributed by atoms with Crippen LogP contribution in [0.4, 0.5) is 0 Å². The third-order valence-electron chi connectivity index (χ3n) is 3.16. The molecule has 3 heteroatoms. The summed E-state index contributed by atoms with van der Waals surface area (Å²) in [5.41, 5.74) is -0.152. The molecule has 96 valence electrons. The van der Waals surface area contributed by atoms with Gasteiger partial charge in [-0.15, -0.1) is 0 Å². The van der Waals surface area contributed by atoms with E-state index < -0.39 is 0 Å². The van der Waals surface area contributed by atoms with Crippen LogP contribution in [-0.2, 0) is 4.74 Å². The summed E-state index contributed by atoms with van der Waals surface area (Å²) in [5.74, 6) is 0. The zero-order valence-corrected chi connectivity index (χ0v) is 11.2. The summed E-state index contributed by atoms with van der Waals surface area (Å²) in [7, 11) is 0. The van der Waals surface area contributed by atoms with E-state index in [0.717, 1.165) is 13.0 Å². The standard InChI is InChI=1S/C13H27NO2/c1-5-14-8-6-7-11(14)9-12(15)10-16-13(2,3)4/h11-12,15H,5-10H2,1-4H3. The van der Waals surface area contributed by atoms with Crippen LogP contribution in [-0.4, -0.2) is 47.4 Å². The minimum Gasteiger partial charge on any atom is -0.391 e. The Balaban J connectivity index is 2.25. The van der Waals surface area contributed by atoms with Crippen LogP contribution in [0, 0.1) is 0 Å². The second-order valence-corrected chi connectivity index (χ2v) is 5.74. The van der Waals surface area contributed by atoms with Crippen LogP contribution in [0.1, 0.15) is 47.0 Å². The first-order chi connectivity index (χ1) is 7.42. The van der Waals surface area contributed by atoms with E-state index >= 15 is 0 Å². The van der Waals surface area contributed by atoms with Gasteiger partial charge in [-0.1, -0.05) is 6.92 Å². The number of ether oxygens (including phenoxy) is 1. The first kappa shape index (κ1) is 13.9. The molecule has 2 atom stereocenters. The Bertz CT molecular complexity index is 201. The van der Waals surface area contributed by atoms with Crippen LogP contribution in [0.5, 0.6) is 0 Å². The van der Waals surface area contributed by atoms with Crippen LogP contribution < -0.4 is 0 Å². The largest absolute Gasteiger partial charge is 0.391 e. The number of likely N-dealkylation sites (tertiary alicyclic amines) is 1. The van der Waals surface area contributed by atoms with Gasteiger partial charge in [-0.2, -0.15) is 0 Å². The third kappa shape index (κ3) is 4.81. The first-order valence-electron chi connectivity index (χ1n) is 6.48. The molecule has 1 saturated heterocycles. The second kappa shape index (κ2) is 5.99. The van der Waals surface area contributed by atoms with Crippen molar-refractivity contribution in [3.63, 3.8) is 0 Å². The zero-order valence-electron chi connectivity index (χ0n) is 11.2. The molecule has 1 rings (SSSR count). The Morgan fingerprint density at radius 1 is 1.44 bits per heavy atom. The molecule has 0 bridgehead atoms. The third-order valence-corrected chi connectivity index (χ3v) is 3.16. The summed E-state index contributed by atoms with van der Waals surface area (Å²) in [6.45, 7) is 11.0. The van der Waals surface area contributed by atoms with Crippen molar-refractivity contribution in [2.75, 3.05) is 19.7 Å². The molecule has 0 spiro atoms. The fourth-order valence-electron chi connectivity index (χ4n) is 2.31. The van der Waals surface area contributed by atoms with Gasteiger partial charge < -0.3 is 14.7 Å². The normalized spacial score (nSPS) is 24.9. The number of rotatable bonds is 5. The SMILES string of the molecule is CCN1CCCC1CC(O)COC(C)(C)C. The van der Waals surface area contributed by atoms with Gasteiger partial charge in [0.05, 0.1) is 18.3 Å². The Labute approximate surface area is 99.8 Å². The highest BCUT2D eigenvalue weighted by Crippen LogP contribution is 2.21. The van der Waals surface area contributed by atoms with Gasteiger partial charge in [0.15, 0.2) is 0 Å². The summed E-state index contributed by atoms with van der Waals surface area (Å²) in [4.78, 5) is 2.46. The van der Waals surface area contributed by atoms with Crippen molar-refractivity contribution in [2.45, 2.75) is 64.7 Å². The van der Waals surface area contributed by atoms with Gasteiger partial charge in [0.1, 0.15) is 0 Å². The van der Waals surface area contributed by atoms with Gasteiger partial charge in [-0.25, -0.2) is 0 Å². The van der Waals surface area contributed by atoms with Crippen molar-refractivity contribution < 1.29 is 9.84 Å². The highest BCUT2D eigenvalue weighted by molar-refractivity contribution is 4.80. The second-order valence-electron chi connectivity index (χ2n) is 5.74.